The van der Waals surface area contributed by atoms with Gasteiger partial charge in [0.1, 0.15) is 0 Å². The molecule has 0 bridgehead atoms. The average Bonchev–Trinajstić information content (AvgIpc) is 3.16. The molecule has 1 aliphatic heterocycles. The topological polar surface area (TPSA) is 50.8 Å². The van der Waals surface area contributed by atoms with Gasteiger partial charge in [0.2, 0.25) is 5.91 Å². The minimum Gasteiger partial charge on any atom is -0.493 e. The van der Waals surface area contributed by atoms with Crippen molar-refractivity contribution in [3.8, 4) is 11.5 Å². The Morgan fingerprint density at radius 1 is 0.824 bits per heavy atom. The molecule has 1 fully saturated rings. The Bertz CT molecular complexity index is 1640. The molecule has 0 radical (unpaired) electrons. The van der Waals surface area contributed by atoms with Crippen molar-refractivity contribution in [1.29, 1.82) is 0 Å². The summed E-state index contributed by atoms with van der Waals surface area (Å²) in [6.45, 7) is 2.92. The molecular weight excluding hydrogens is 675 g/mol. The van der Waals surface area contributed by atoms with Crippen LogP contribution >= 0.6 is 24.0 Å². The Balaban J connectivity index is 0.00000504. The van der Waals surface area contributed by atoms with Gasteiger partial charge in [0.05, 0.1) is 14.2 Å². The van der Waals surface area contributed by atoms with Crippen LogP contribution in [0.4, 0.5) is 0 Å². The molecule has 5 nitrogen and oxygen atoms in total. The normalized spacial score (nSPS) is 17.3. The first-order valence-electron chi connectivity index (χ1n) is 18.6. The Labute approximate surface area is 316 Å². The van der Waals surface area contributed by atoms with E-state index in [9.17, 15) is 4.79 Å². The maximum Gasteiger partial charge on any atom is 0.220 e. The van der Waals surface area contributed by atoms with Gasteiger partial charge in [-0.25, -0.2) is 0 Å². The van der Waals surface area contributed by atoms with Gasteiger partial charge >= 0.3 is 0 Å². The number of carbonyl (C=O) groups excluding carboxylic acids is 1. The predicted octanol–water partition coefficient (Wildman–Crippen LogP) is 9.79. The van der Waals surface area contributed by atoms with Crippen molar-refractivity contribution in [3.05, 3.63) is 130 Å². The molecule has 2 aliphatic rings. The quantitative estimate of drug-likeness (QED) is 0.124. The Morgan fingerprint density at radius 3 is 2.10 bits per heavy atom. The molecule has 7 heteroatoms. The zero-order valence-corrected chi connectivity index (χ0v) is 31.9. The van der Waals surface area contributed by atoms with Gasteiger partial charge in [0, 0.05) is 28.9 Å². The summed E-state index contributed by atoms with van der Waals surface area (Å²) in [5.74, 6) is 1.77. The summed E-state index contributed by atoms with van der Waals surface area (Å²) in [5, 5.41) is 3.94. The molecular formula is C44H54Cl2N2O3. The van der Waals surface area contributed by atoms with Crippen LogP contribution < -0.4 is 14.8 Å². The van der Waals surface area contributed by atoms with Crippen LogP contribution in [0.15, 0.2) is 97.1 Å². The Morgan fingerprint density at radius 2 is 1.45 bits per heavy atom. The van der Waals surface area contributed by atoms with E-state index < -0.39 is 0 Å². The van der Waals surface area contributed by atoms with Crippen molar-refractivity contribution >= 4 is 29.9 Å². The fraction of sp³-hybridized carbons (Fsp3) is 0.432. The van der Waals surface area contributed by atoms with Crippen molar-refractivity contribution in [2.24, 2.45) is 0 Å². The van der Waals surface area contributed by atoms with E-state index in [1.165, 1.54) is 47.9 Å². The van der Waals surface area contributed by atoms with Crippen LogP contribution in [0.25, 0.3) is 0 Å². The second-order valence-electron chi connectivity index (χ2n) is 14.3. The van der Waals surface area contributed by atoms with Crippen LogP contribution in [0.1, 0.15) is 85.6 Å². The van der Waals surface area contributed by atoms with Crippen molar-refractivity contribution in [2.45, 2.75) is 88.0 Å². The fourth-order valence-corrected chi connectivity index (χ4v) is 8.85. The monoisotopic (exact) mass is 728 g/mol. The van der Waals surface area contributed by atoms with E-state index in [0.717, 1.165) is 73.7 Å². The fourth-order valence-electron chi connectivity index (χ4n) is 8.73. The van der Waals surface area contributed by atoms with Crippen molar-refractivity contribution in [2.75, 3.05) is 33.9 Å². The molecule has 0 saturated carbocycles. The molecule has 1 aliphatic carbocycles. The highest BCUT2D eigenvalue weighted by atomic mass is 35.5. The Kier molecular flexibility index (Phi) is 13.9. The standard InChI is InChI=1S/C44H53ClN2O3.ClH/c1-49-40-31-35-23-27-43(33-36(35)32-41(40)50-2)24-9-10-29-47(43)30-12-26-44(37-13-5-3-6-14-37,38-15-7-4-8-16-38)25-11-28-46-42(48)22-19-34-17-20-39(45)21-18-34;/h3-8,13-18,20-21,31-32H,9-12,19,22-30,33H2,1-2H3,(H,46,48);1H. The third-order valence-corrected chi connectivity index (χ3v) is 11.7. The van der Waals surface area contributed by atoms with Gasteiger partial charge < -0.3 is 14.8 Å². The number of fused-ring (bicyclic) bond motifs is 1. The maximum atomic E-state index is 12.8. The zero-order chi connectivity index (χ0) is 34.8. The number of ether oxygens (including phenoxy) is 2. The van der Waals surface area contributed by atoms with Crippen molar-refractivity contribution in [3.63, 3.8) is 0 Å². The van der Waals surface area contributed by atoms with Crippen LogP contribution in [0, 0.1) is 0 Å². The molecule has 4 aromatic rings. The molecule has 1 saturated heterocycles. The van der Waals surface area contributed by atoms with Crippen molar-refractivity contribution in [1.82, 2.24) is 10.2 Å². The number of likely N-dealkylation sites (tertiary alicyclic amines) is 1. The van der Waals surface area contributed by atoms with E-state index >= 15 is 0 Å². The summed E-state index contributed by atoms with van der Waals surface area (Å²) >= 11 is 6.04. The van der Waals surface area contributed by atoms with E-state index in [2.05, 4.69) is 83.0 Å². The average molecular weight is 730 g/mol. The minimum absolute atomic E-state index is 0. The van der Waals surface area contributed by atoms with Crippen LogP contribution in [0.3, 0.4) is 0 Å². The zero-order valence-electron chi connectivity index (χ0n) is 30.3. The second kappa shape index (κ2) is 18.3. The lowest BCUT2D eigenvalue weighted by Gasteiger charge is -2.50. The number of hydrogen-bond donors (Lipinski definition) is 1. The first-order valence-corrected chi connectivity index (χ1v) is 18.9. The summed E-state index contributed by atoms with van der Waals surface area (Å²) < 4.78 is 11.3. The molecule has 51 heavy (non-hydrogen) atoms. The highest BCUT2D eigenvalue weighted by Crippen LogP contribution is 2.45. The number of benzene rings is 4. The highest BCUT2D eigenvalue weighted by Gasteiger charge is 2.42. The number of nitrogens with zero attached hydrogens (tertiary/aromatic N) is 1. The van der Waals surface area contributed by atoms with E-state index in [4.69, 9.17) is 21.1 Å². The maximum absolute atomic E-state index is 12.8. The first kappa shape index (κ1) is 38.7. The van der Waals surface area contributed by atoms with E-state index in [-0.39, 0.29) is 29.3 Å². The third-order valence-electron chi connectivity index (χ3n) is 11.4. The van der Waals surface area contributed by atoms with Gasteiger partial charge in [-0.2, -0.15) is 0 Å². The number of amides is 1. The SMILES string of the molecule is COc1cc2c(cc1OC)CC1(CCCCN1CCCC(CCCNC(=O)CCc1ccc(Cl)cc1)(c1ccccc1)c1ccccc1)CC2.Cl. The molecule has 1 unspecified atom stereocenters. The molecule has 1 spiro atoms. The van der Waals surface area contributed by atoms with Crippen LogP contribution in [0.2, 0.25) is 5.02 Å². The van der Waals surface area contributed by atoms with Gasteiger partial charge in [0.15, 0.2) is 11.5 Å². The smallest absolute Gasteiger partial charge is 0.220 e. The molecule has 1 atom stereocenters. The number of rotatable bonds is 15. The number of piperidine rings is 1. The number of methoxy groups -OCH3 is 2. The summed E-state index contributed by atoms with van der Waals surface area (Å²) in [7, 11) is 3.46. The molecule has 1 heterocycles. The summed E-state index contributed by atoms with van der Waals surface area (Å²) in [6.07, 6.45) is 12.4. The molecule has 272 valence electrons. The molecule has 1 amide bonds. The number of halogens is 2. The number of nitrogens with one attached hydrogen (secondary N) is 1. The van der Waals surface area contributed by atoms with Gasteiger partial charge in [-0.3, -0.25) is 9.69 Å². The lowest BCUT2D eigenvalue weighted by Crippen LogP contribution is -2.55. The van der Waals surface area contributed by atoms with Crippen LogP contribution in [-0.4, -0.2) is 50.2 Å². The number of carbonyl (C=O) groups is 1. The van der Waals surface area contributed by atoms with Crippen LogP contribution in [0.5, 0.6) is 11.5 Å². The molecule has 6 rings (SSSR count). The summed E-state index contributed by atoms with van der Waals surface area (Å²) in [4.78, 5) is 15.7. The van der Waals surface area contributed by atoms with Gasteiger partial charge in [-0.1, -0.05) is 90.8 Å². The van der Waals surface area contributed by atoms with E-state index in [1.807, 2.05) is 24.3 Å². The van der Waals surface area contributed by atoms with E-state index in [1.54, 1.807) is 14.2 Å². The lowest BCUT2D eigenvalue weighted by molar-refractivity contribution is -0.121. The molecule has 1 N–H and O–H groups in total. The second-order valence-corrected chi connectivity index (χ2v) is 14.8. The minimum atomic E-state index is -0.136. The predicted molar refractivity (Wildman–Crippen MR) is 212 cm³/mol. The van der Waals surface area contributed by atoms with Crippen LogP contribution in [-0.2, 0) is 29.5 Å². The molecule has 0 aromatic heterocycles. The molecule has 4 aromatic carbocycles. The van der Waals surface area contributed by atoms with Crippen molar-refractivity contribution < 1.29 is 14.3 Å². The van der Waals surface area contributed by atoms with Gasteiger partial charge in [0.25, 0.3) is 0 Å². The van der Waals surface area contributed by atoms with Gasteiger partial charge in [-0.05, 0) is 129 Å². The van der Waals surface area contributed by atoms with Gasteiger partial charge in [-0.15, -0.1) is 12.4 Å². The largest absolute Gasteiger partial charge is 0.493 e. The summed E-state index contributed by atoms with van der Waals surface area (Å²) in [6, 6.07) is 34.3. The highest BCUT2D eigenvalue weighted by molar-refractivity contribution is 6.30. The first-order chi connectivity index (χ1) is 24.4. The summed E-state index contributed by atoms with van der Waals surface area (Å²) in [5.41, 5.74) is 6.74. The third kappa shape index (κ3) is 9.30. The number of hydrogen-bond acceptors (Lipinski definition) is 4. The van der Waals surface area contributed by atoms with E-state index in [0.29, 0.717) is 19.4 Å². The number of aryl methyl sites for hydroxylation is 2. The lowest BCUT2D eigenvalue weighted by atomic mass is 9.68. The Hall–Kier alpha value is -3.51.